The maximum absolute atomic E-state index is 12.4. The average molecular weight is 290 g/mol. The standard InChI is InChI=1S/C15H9F3N2O/c16-15(17,18)14(21)10-6-7-13-11(8-10)9-19-20(13)12-4-2-1-3-5-12/h1-9H. The molecule has 6 heteroatoms. The third-order valence-corrected chi connectivity index (χ3v) is 3.09. The molecule has 3 rings (SSSR count). The fourth-order valence-electron chi connectivity index (χ4n) is 2.11. The Labute approximate surface area is 117 Å². The summed E-state index contributed by atoms with van der Waals surface area (Å²) in [6.45, 7) is 0. The van der Waals surface area contributed by atoms with Crippen LogP contribution >= 0.6 is 0 Å². The smallest absolute Gasteiger partial charge is 0.284 e. The molecule has 0 saturated carbocycles. The summed E-state index contributed by atoms with van der Waals surface area (Å²) in [5.41, 5.74) is 1.05. The molecule has 0 unspecified atom stereocenters. The number of rotatable bonds is 2. The lowest BCUT2D eigenvalue weighted by atomic mass is 10.1. The van der Waals surface area contributed by atoms with Gasteiger partial charge in [-0.15, -0.1) is 0 Å². The van der Waals surface area contributed by atoms with E-state index in [2.05, 4.69) is 5.10 Å². The molecule has 0 aliphatic heterocycles. The molecule has 1 heterocycles. The molecule has 0 saturated heterocycles. The van der Waals surface area contributed by atoms with Gasteiger partial charge in [0, 0.05) is 10.9 Å². The van der Waals surface area contributed by atoms with Crippen LogP contribution in [-0.4, -0.2) is 21.7 Å². The van der Waals surface area contributed by atoms with Gasteiger partial charge in [-0.25, -0.2) is 4.68 Å². The summed E-state index contributed by atoms with van der Waals surface area (Å²) in [7, 11) is 0. The van der Waals surface area contributed by atoms with Crippen LogP contribution in [0, 0.1) is 0 Å². The molecule has 2 aromatic carbocycles. The summed E-state index contributed by atoms with van der Waals surface area (Å²) in [6.07, 6.45) is -3.43. The molecule has 0 aliphatic rings. The number of benzene rings is 2. The first-order chi connectivity index (χ1) is 9.97. The third-order valence-electron chi connectivity index (χ3n) is 3.09. The van der Waals surface area contributed by atoms with Crippen LogP contribution in [0.3, 0.4) is 0 Å². The highest BCUT2D eigenvalue weighted by Crippen LogP contribution is 2.25. The van der Waals surface area contributed by atoms with Gasteiger partial charge in [0.25, 0.3) is 5.78 Å². The third kappa shape index (κ3) is 2.40. The number of halogens is 3. The van der Waals surface area contributed by atoms with E-state index in [1.807, 2.05) is 30.3 Å². The van der Waals surface area contributed by atoms with Crippen molar-refractivity contribution in [2.45, 2.75) is 6.18 Å². The fourth-order valence-corrected chi connectivity index (χ4v) is 2.11. The van der Waals surface area contributed by atoms with E-state index in [9.17, 15) is 18.0 Å². The second-order valence-electron chi connectivity index (χ2n) is 4.49. The first-order valence-corrected chi connectivity index (χ1v) is 6.11. The first kappa shape index (κ1) is 13.4. The molecule has 3 aromatic rings. The van der Waals surface area contributed by atoms with Crippen molar-refractivity contribution in [2.24, 2.45) is 0 Å². The maximum atomic E-state index is 12.4. The second-order valence-corrected chi connectivity index (χ2v) is 4.49. The van der Waals surface area contributed by atoms with Gasteiger partial charge in [0.15, 0.2) is 0 Å². The van der Waals surface area contributed by atoms with E-state index in [0.29, 0.717) is 10.9 Å². The minimum absolute atomic E-state index is 0.386. The number of carbonyl (C=O) groups is 1. The summed E-state index contributed by atoms with van der Waals surface area (Å²) in [5, 5.41) is 4.63. The van der Waals surface area contributed by atoms with E-state index >= 15 is 0 Å². The summed E-state index contributed by atoms with van der Waals surface area (Å²) < 4.78 is 38.9. The van der Waals surface area contributed by atoms with Gasteiger partial charge in [-0.2, -0.15) is 18.3 Å². The van der Waals surface area contributed by atoms with Crippen molar-refractivity contribution in [3.8, 4) is 5.69 Å². The van der Waals surface area contributed by atoms with Crippen molar-refractivity contribution in [1.29, 1.82) is 0 Å². The topological polar surface area (TPSA) is 34.9 Å². The molecule has 106 valence electrons. The zero-order valence-corrected chi connectivity index (χ0v) is 10.6. The van der Waals surface area contributed by atoms with Gasteiger partial charge >= 0.3 is 6.18 Å². The number of hydrogen-bond donors (Lipinski definition) is 0. The monoisotopic (exact) mass is 290 g/mol. The van der Waals surface area contributed by atoms with E-state index in [-0.39, 0.29) is 5.56 Å². The molecule has 0 atom stereocenters. The van der Waals surface area contributed by atoms with Crippen LogP contribution in [-0.2, 0) is 0 Å². The van der Waals surface area contributed by atoms with E-state index in [1.54, 1.807) is 4.68 Å². The molecule has 3 nitrogen and oxygen atoms in total. The minimum Gasteiger partial charge on any atom is -0.284 e. The Balaban J connectivity index is 2.09. The zero-order chi connectivity index (χ0) is 15.0. The lowest BCUT2D eigenvalue weighted by Crippen LogP contribution is -2.22. The van der Waals surface area contributed by atoms with Gasteiger partial charge in [0.1, 0.15) is 0 Å². The highest BCUT2D eigenvalue weighted by molar-refractivity contribution is 6.02. The highest BCUT2D eigenvalue weighted by Gasteiger charge is 2.39. The molecule has 21 heavy (non-hydrogen) atoms. The van der Waals surface area contributed by atoms with Crippen molar-refractivity contribution in [3.63, 3.8) is 0 Å². The van der Waals surface area contributed by atoms with E-state index in [0.717, 1.165) is 5.69 Å². The number of nitrogens with zero attached hydrogens (tertiary/aromatic N) is 2. The lowest BCUT2D eigenvalue weighted by molar-refractivity contribution is -0.0885. The van der Waals surface area contributed by atoms with Crippen molar-refractivity contribution < 1.29 is 18.0 Å². The van der Waals surface area contributed by atoms with E-state index < -0.39 is 12.0 Å². The summed E-state index contributed by atoms with van der Waals surface area (Å²) in [5.74, 6) is -1.85. The lowest BCUT2D eigenvalue weighted by Gasteiger charge is -2.06. The SMILES string of the molecule is O=C(c1ccc2c(cnn2-c2ccccc2)c1)C(F)(F)F. The van der Waals surface area contributed by atoms with Crippen LogP contribution in [0.2, 0.25) is 0 Å². The van der Waals surface area contributed by atoms with Crippen molar-refractivity contribution in [2.75, 3.05) is 0 Å². The number of carbonyl (C=O) groups excluding carboxylic acids is 1. The molecule has 0 spiro atoms. The number of alkyl halides is 3. The second kappa shape index (κ2) is 4.73. The van der Waals surface area contributed by atoms with Gasteiger partial charge in [0.2, 0.25) is 0 Å². The van der Waals surface area contributed by atoms with Crippen LogP contribution < -0.4 is 0 Å². The Morgan fingerprint density at radius 2 is 1.76 bits per heavy atom. The largest absolute Gasteiger partial charge is 0.454 e. The Kier molecular flexibility index (Phi) is 3.01. The Morgan fingerprint density at radius 1 is 1.05 bits per heavy atom. The molecule has 1 aromatic heterocycles. The number of hydrogen-bond acceptors (Lipinski definition) is 2. The first-order valence-electron chi connectivity index (χ1n) is 6.11. The number of fused-ring (bicyclic) bond motifs is 1. The van der Waals surface area contributed by atoms with Crippen LogP contribution in [0.4, 0.5) is 13.2 Å². The predicted molar refractivity (Wildman–Crippen MR) is 71.5 cm³/mol. The summed E-state index contributed by atoms with van der Waals surface area (Å²) >= 11 is 0. The molecule has 0 aliphatic carbocycles. The Bertz CT molecular complexity index is 807. The highest BCUT2D eigenvalue weighted by atomic mass is 19.4. The summed E-state index contributed by atoms with van der Waals surface area (Å²) in [6, 6.07) is 13.0. The van der Waals surface area contributed by atoms with Gasteiger partial charge in [-0.3, -0.25) is 4.79 Å². The summed E-state index contributed by atoms with van der Waals surface area (Å²) in [4.78, 5) is 11.2. The van der Waals surface area contributed by atoms with Gasteiger partial charge in [-0.05, 0) is 30.3 Å². The van der Waals surface area contributed by atoms with Crippen molar-refractivity contribution in [3.05, 3.63) is 60.3 Å². The molecule has 0 amide bonds. The minimum atomic E-state index is -4.87. The van der Waals surface area contributed by atoms with Crippen molar-refractivity contribution in [1.82, 2.24) is 9.78 Å². The number of ketones is 1. The van der Waals surface area contributed by atoms with Crippen molar-refractivity contribution >= 4 is 16.7 Å². The molecule has 0 fully saturated rings. The fraction of sp³-hybridized carbons (Fsp3) is 0.0667. The normalized spacial score (nSPS) is 11.8. The number of para-hydroxylation sites is 1. The van der Waals surface area contributed by atoms with Crippen LogP contribution in [0.15, 0.2) is 54.7 Å². The van der Waals surface area contributed by atoms with E-state index in [1.165, 1.54) is 24.4 Å². The molecule has 0 N–H and O–H groups in total. The van der Waals surface area contributed by atoms with Crippen LogP contribution in [0.25, 0.3) is 16.6 Å². The molecule has 0 bridgehead atoms. The Hall–Kier alpha value is -2.63. The quantitative estimate of drug-likeness (QED) is 0.673. The number of aromatic nitrogens is 2. The van der Waals surface area contributed by atoms with Gasteiger partial charge in [-0.1, -0.05) is 18.2 Å². The average Bonchev–Trinajstić information content (AvgIpc) is 2.89. The Morgan fingerprint density at radius 3 is 2.43 bits per heavy atom. The molecule has 0 radical (unpaired) electrons. The zero-order valence-electron chi connectivity index (χ0n) is 10.6. The molecular formula is C15H9F3N2O. The van der Waals surface area contributed by atoms with E-state index in [4.69, 9.17) is 0 Å². The van der Waals surface area contributed by atoms with Crippen LogP contribution in [0.5, 0.6) is 0 Å². The van der Waals surface area contributed by atoms with Gasteiger partial charge < -0.3 is 0 Å². The van der Waals surface area contributed by atoms with Crippen LogP contribution in [0.1, 0.15) is 10.4 Å². The number of Topliss-reactive ketones (excluding diaryl/α,β-unsaturated/α-hetero) is 1. The molecular weight excluding hydrogens is 281 g/mol. The van der Waals surface area contributed by atoms with Gasteiger partial charge in [0.05, 0.1) is 17.4 Å². The maximum Gasteiger partial charge on any atom is 0.454 e. The predicted octanol–water partition coefficient (Wildman–Crippen LogP) is 3.77.